The van der Waals surface area contributed by atoms with Crippen LogP contribution in [0.4, 0.5) is 0 Å². The number of benzene rings is 2. The minimum atomic E-state index is 0.515. The Balaban J connectivity index is 1.83. The van der Waals surface area contributed by atoms with Crippen LogP contribution in [-0.2, 0) is 11.2 Å². The summed E-state index contributed by atoms with van der Waals surface area (Å²) in [5.74, 6) is 0.637. The molecule has 1 fully saturated rings. The lowest BCUT2D eigenvalue weighted by Gasteiger charge is -2.31. The van der Waals surface area contributed by atoms with Crippen molar-refractivity contribution in [3.8, 4) is 0 Å². The van der Waals surface area contributed by atoms with E-state index in [1.807, 2.05) is 0 Å². The Morgan fingerprint density at radius 3 is 2.86 bits per heavy atom. The number of likely N-dealkylation sites (N-methyl/N-ethyl adjacent to an activating group) is 1. The molecule has 0 aromatic heterocycles. The van der Waals surface area contributed by atoms with Gasteiger partial charge in [-0.2, -0.15) is 0 Å². The van der Waals surface area contributed by atoms with E-state index >= 15 is 0 Å². The molecule has 3 rings (SSSR count). The third-order valence-electron chi connectivity index (χ3n) is 4.55. The second kappa shape index (κ2) is 7.06. The molecule has 2 nitrogen and oxygen atoms in total. The van der Waals surface area contributed by atoms with E-state index in [0.29, 0.717) is 12.0 Å². The fourth-order valence-electron chi connectivity index (χ4n) is 3.46. The van der Waals surface area contributed by atoms with Crippen molar-refractivity contribution in [1.29, 1.82) is 0 Å². The zero-order chi connectivity index (χ0) is 14.5. The molecule has 2 atom stereocenters. The van der Waals surface area contributed by atoms with Gasteiger partial charge in [-0.25, -0.2) is 0 Å². The van der Waals surface area contributed by atoms with Crippen LogP contribution in [0.2, 0.25) is 0 Å². The van der Waals surface area contributed by atoms with Crippen molar-refractivity contribution < 1.29 is 4.74 Å². The minimum absolute atomic E-state index is 0.515. The zero-order valence-electron chi connectivity index (χ0n) is 12.8. The molecule has 21 heavy (non-hydrogen) atoms. The van der Waals surface area contributed by atoms with Crippen LogP contribution in [0, 0.1) is 5.92 Å². The first-order valence-electron chi connectivity index (χ1n) is 8.16. The molecule has 112 valence electrons. The maximum atomic E-state index is 5.69. The van der Waals surface area contributed by atoms with Crippen molar-refractivity contribution in [2.45, 2.75) is 32.2 Å². The predicted molar refractivity (Wildman–Crippen MR) is 88.7 cm³/mol. The Bertz CT molecular complexity index is 569. The molecule has 0 saturated carbocycles. The minimum Gasteiger partial charge on any atom is -0.381 e. The Hall–Kier alpha value is -1.38. The molecule has 1 aliphatic rings. The van der Waals surface area contributed by atoms with Gasteiger partial charge in [-0.1, -0.05) is 49.4 Å². The van der Waals surface area contributed by atoms with Crippen LogP contribution in [-0.4, -0.2) is 25.8 Å². The van der Waals surface area contributed by atoms with E-state index in [2.05, 4.69) is 54.7 Å². The second-order valence-electron chi connectivity index (χ2n) is 5.98. The molecular formula is C19H25NO. The summed E-state index contributed by atoms with van der Waals surface area (Å²) in [5.41, 5.74) is 1.45. The van der Waals surface area contributed by atoms with E-state index < -0.39 is 0 Å². The smallest absolute Gasteiger partial charge is 0.0509 e. The molecule has 1 heterocycles. The monoisotopic (exact) mass is 283 g/mol. The number of hydrogen-bond acceptors (Lipinski definition) is 2. The molecule has 0 spiro atoms. The maximum Gasteiger partial charge on any atom is 0.0509 e. The summed E-state index contributed by atoms with van der Waals surface area (Å²) in [4.78, 5) is 0. The lowest BCUT2D eigenvalue weighted by molar-refractivity contribution is 0.0396. The van der Waals surface area contributed by atoms with Gasteiger partial charge in [0.05, 0.1) is 6.61 Å². The molecule has 1 aliphatic heterocycles. The lowest BCUT2D eigenvalue weighted by atomic mass is 9.88. The first-order valence-corrected chi connectivity index (χ1v) is 8.16. The van der Waals surface area contributed by atoms with Gasteiger partial charge >= 0.3 is 0 Å². The highest BCUT2D eigenvalue weighted by atomic mass is 16.5. The summed E-state index contributed by atoms with van der Waals surface area (Å²) in [6.45, 7) is 5.05. The fourth-order valence-corrected chi connectivity index (χ4v) is 3.46. The SMILES string of the molecule is CCNC(Cc1cccc2ccccc12)C1CCCOC1. The van der Waals surface area contributed by atoms with E-state index in [1.165, 1.54) is 29.2 Å². The van der Waals surface area contributed by atoms with Crippen molar-refractivity contribution in [3.63, 3.8) is 0 Å². The normalized spacial score (nSPS) is 20.5. The van der Waals surface area contributed by atoms with Crippen LogP contribution in [0.25, 0.3) is 10.8 Å². The Labute approximate surface area is 127 Å². The number of fused-ring (bicyclic) bond motifs is 1. The molecule has 1 saturated heterocycles. The van der Waals surface area contributed by atoms with E-state index in [1.54, 1.807) is 0 Å². The van der Waals surface area contributed by atoms with Gasteiger partial charge in [0.15, 0.2) is 0 Å². The number of hydrogen-bond donors (Lipinski definition) is 1. The van der Waals surface area contributed by atoms with Crippen LogP contribution in [0.15, 0.2) is 42.5 Å². The topological polar surface area (TPSA) is 21.3 Å². The third-order valence-corrected chi connectivity index (χ3v) is 4.55. The van der Waals surface area contributed by atoms with Crippen LogP contribution >= 0.6 is 0 Å². The maximum absolute atomic E-state index is 5.69. The molecule has 2 heteroatoms. The first kappa shape index (κ1) is 14.6. The summed E-state index contributed by atoms with van der Waals surface area (Å²) in [5, 5.41) is 6.41. The molecule has 1 N–H and O–H groups in total. The average Bonchev–Trinajstić information content (AvgIpc) is 2.55. The van der Waals surface area contributed by atoms with Gasteiger partial charge in [-0.15, -0.1) is 0 Å². The van der Waals surface area contributed by atoms with Crippen molar-refractivity contribution in [3.05, 3.63) is 48.0 Å². The van der Waals surface area contributed by atoms with Gasteiger partial charge in [0, 0.05) is 12.6 Å². The molecule has 2 unspecified atom stereocenters. The van der Waals surface area contributed by atoms with Gasteiger partial charge < -0.3 is 10.1 Å². The number of ether oxygens (including phenoxy) is 1. The highest BCUT2D eigenvalue weighted by Gasteiger charge is 2.24. The van der Waals surface area contributed by atoms with Crippen molar-refractivity contribution in [2.24, 2.45) is 5.92 Å². The van der Waals surface area contributed by atoms with Gasteiger partial charge in [-0.05, 0) is 48.1 Å². The summed E-state index contributed by atoms with van der Waals surface area (Å²) < 4.78 is 5.69. The molecular weight excluding hydrogens is 258 g/mol. The first-order chi connectivity index (χ1) is 10.4. The van der Waals surface area contributed by atoms with Crippen LogP contribution in [0.3, 0.4) is 0 Å². The quantitative estimate of drug-likeness (QED) is 0.901. The Kier molecular flexibility index (Phi) is 4.89. The predicted octanol–water partition coefficient (Wildman–Crippen LogP) is 3.79. The average molecular weight is 283 g/mol. The summed E-state index contributed by atoms with van der Waals surface area (Å²) in [6, 6.07) is 15.9. The molecule has 0 bridgehead atoms. The summed E-state index contributed by atoms with van der Waals surface area (Å²) in [6.07, 6.45) is 3.56. The van der Waals surface area contributed by atoms with Gasteiger partial charge in [0.2, 0.25) is 0 Å². The molecule has 0 radical (unpaired) electrons. The number of rotatable bonds is 5. The summed E-state index contributed by atoms with van der Waals surface area (Å²) >= 11 is 0. The van der Waals surface area contributed by atoms with Crippen molar-refractivity contribution >= 4 is 10.8 Å². The highest BCUT2D eigenvalue weighted by molar-refractivity contribution is 5.85. The zero-order valence-corrected chi connectivity index (χ0v) is 12.8. The van der Waals surface area contributed by atoms with Crippen molar-refractivity contribution in [2.75, 3.05) is 19.8 Å². The van der Waals surface area contributed by atoms with E-state index in [4.69, 9.17) is 4.74 Å². The standard InChI is InChI=1S/C19H25NO/c1-2-20-19(17-10-6-12-21-14-17)13-16-9-5-8-15-7-3-4-11-18(15)16/h3-5,7-9,11,17,19-20H,2,6,10,12-14H2,1H3. The van der Waals surface area contributed by atoms with Gasteiger partial charge in [0.25, 0.3) is 0 Å². The lowest BCUT2D eigenvalue weighted by Crippen LogP contribution is -2.41. The Morgan fingerprint density at radius 2 is 2.05 bits per heavy atom. The van der Waals surface area contributed by atoms with Crippen LogP contribution < -0.4 is 5.32 Å². The molecule has 2 aromatic rings. The largest absolute Gasteiger partial charge is 0.381 e. The molecule has 0 aliphatic carbocycles. The van der Waals surface area contributed by atoms with E-state index in [0.717, 1.165) is 26.2 Å². The van der Waals surface area contributed by atoms with Crippen molar-refractivity contribution in [1.82, 2.24) is 5.32 Å². The molecule has 2 aromatic carbocycles. The van der Waals surface area contributed by atoms with Gasteiger partial charge in [-0.3, -0.25) is 0 Å². The molecule has 0 amide bonds. The van der Waals surface area contributed by atoms with E-state index in [-0.39, 0.29) is 0 Å². The third kappa shape index (κ3) is 3.45. The van der Waals surface area contributed by atoms with Crippen LogP contribution in [0.5, 0.6) is 0 Å². The fraction of sp³-hybridized carbons (Fsp3) is 0.474. The van der Waals surface area contributed by atoms with Crippen LogP contribution in [0.1, 0.15) is 25.3 Å². The van der Waals surface area contributed by atoms with Gasteiger partial charge in [0.1, 0.15) is 0 Å². The summed E-state index contributed by atoms with van der Waals surface area (Å²) in [7, 11) is 0. The highest BCUT2D eigenvalue weighted by Crippen LogP contribution is 2.24. The Morgan fingerprint density at radius 1 is 1.19 bits per heavy atom. The number of nitrogens with one attached hydrogen (secondary N) is 1. The van der Waals surface area contributed by atoms with E-state index in [9.17, 15) is 0 Å². The second-order valence-corrected chi connectivity index (χ2v) is 5.98.